The van der Waals surface area contributed by atoms with Crippen LogP contribution >= 0.6 is 27.5 Å². The molecule has 0 aliphatic rings. The zero-order valence-electron chi connectivity index (χ0n) is 12.4. The Bertz CT molecular complexity index is 399. The number of halogens is 2. The van der Waals surface area contributed by atoms with Gasteiger partial charge in [-0.05, 0) is 44.6 Å². The van der Waals surface area contributed by atoms with E-state index in [0.717, 1.165) is 21.6 Å². The SMILES string of the molecule is CC(NCC(C(C)C)N(C)C)c1ccc(Br)cc1Cl. The number of hydrogen-bond acceptors (Lipinski definition) is 2. The van der Waals surface area contributed by atoms with E-state index in [2.05, 4.69) is 67.1 Å². The predicted octanol–water partition coefficient (Wildman–Crippen LogP) is 4.34. The Kier molecular flexibility index (Phi) is 6.81. The molecule has 19 heavy (non-hydrogen) atoms. The van der Waals surface area contributed by atoms with Crippen molar-refractivity contribution in [2.75, 3.05) is 20.6 Å². The maximum atomic E-state index is 6.28. The molecule has 0 aromatic heterocycles. The van der Waals surface area contributed by atoms with Crippen molar-refractivity contribution in [3.63, 3.8) is 0 Å². The van der Waals surface area contributed by atoms with Gasteiger partial charge in [0, 0.05) is 28.1 Å². The van der Waals surface area contributed by atoms with Crippen LogP contribution in [0.1, 0.15) is 32.4 Å². The molecule has 0 aliphatic heterocycles. The van der Waals surface area contributed by atoms with Crippen molar-refractivity contribution in [1.29, 1.82) is 0 Å². The van der Waals surface area contributed by atoms with Crippen molar-refractivity contribution in [2.24, 2.45) is 5.92 Å². The Morgan fingerprint density at radius 2 is 1.89 bits per heavy atom. The molecule has 0 bridgehead atoms. The molecule has 108 valence electrons. The van der Waals surface area contributed by atoms with Gasteiger partial charge in [-0.2, -0.15) is 0 Å². The molecular formula is C15H24BrClN2. The zero-order chi connectivity index (χ0) is 14.6. The van der Waals surface area contributed by atoms with E-state index >= 15 is 0 Å². The van der Waals surface area contributed by atoms with E-state index in [-0.39, 0.29) is 6.04 Å². The Morgan fingerprint density at radius 1 is 1.26 bits per heavy atom. The zero-order valence-corrected chi connectivity index (χ0v) is 14.7. The van der Waals surface area contributed by atoms with Crippen molar-refractivity contribution in [1.82, 2.24) is 10.2 Å². The first-order valence-electron chi connectivity index (χ1n) is 6.67. The van der Waals surface area contributed by atoms with Crippen LogP contribution in [0, 0.1) is 5.92 Å². The van der Waals surface area contributed by atoms with Gasteiger partial charge in [0.2, 0.25) is 0 Å². The molecule has 0 radical (unpaired) electrons. The van der Waals surface area contributed by atoms with Crippen molar-refractivity contribution < 1.29 is 0 Å². The molecular weight excluding hydrogens is 324 g/mol. The fraction of sp³-hybridized carbons (Fsp3) is 0.600. The molecule has 2 nitrogen and oxygen atoms in total. The van der Waals surface area contributed by atoms with Crippen molar-refractivity contribution in [3.8, 4) is 0 Å². The summed E-state index contributed by atoms with van der Waals surface area (Å²) in [6.45, 7) is 7.62. The van der Waals surface area contributed by atoms with Gasteiger partial charge in [0.1, 0.15) is 0 Å². The Morgan fingerprint density at radius 3 is 2.37 bits per heavy atom. The fourth-order valence-electron chi connectivity index (χ4n) is 2.27. The van der Waals surface area contributed by atoms with Crippen molar-refractivity contribution in [3.05, 3.63) is 33.3 Å². The highest BCUT2D eigenvalue weighted by Gasteiger charge is 2.17. The first-order valence-corrected chi connectivity index (χ1v) is 7.84. The summed E-state index contributed by atoms with van der Waals surface area (Å²) < 4.78 is 1.02. The lowest BCUT2D eigenvalue weighted by Crippen LogP contribution is -2.42. The third kappa shape index (κ3) is 5.07. The van der Waals surface area contributed by atoms with Gasteiger partial charge in [0.15, 0.2) is 0 Å². The summed E-state index contributed by atoms with van der Waals surface area (Å²) in [7, 11) is 4.26. The van der Waals surface area contributed by atoms with Crippen LogP contribution < -0.4 is 5.32 Å². The predicted molar refractivity (Wildman–Crippen MR) is 87.9 cm³/mol. The van der Waals surface area contributed by atoms with E-state index < -0.39 is 0 Å². The monoisotopic (exact) mass is 346 g/mol. The minimum absolute atomic E-state index is 0.252. The van der Waals surface area contributed by atoms with E-state index in [1.807, 2.05) is 12.1 Å². The van der Waals surface area contributed by atoms with E-state index in [0.29, 0.717) is 12.0 Å². The molecule has 0 aliphatic carbocycles. The van der Waals surface area contributed by atoms with E-state index in [9.17, 15) is 0 Å². The minimum Gasteiger partial charge on any atom is -0.309 e. The standard InChI is InChI=1S/C15H24BrClN2/c1-10(2)15(19(4)5)9-18-11(3)13-7-6-12(16)8-14(13)17/h6-8,10-11,15,18H,9H2,1-5H3. The molecule has 0 fully saturated rings. The Balaban J connectivity index is 2.66. The molecule has 1 N–H and O–H groups in total. The van der Waals surface area contributed by atoms with E-state index in [1.165, 1.54) is 0 Å². The highest BCUT2D eigenvalue weighted by molar-refractivity contribution is 9.10. The number of likely N-dealkylation sites (N-methyl/N-ethyl adjacent to an activating group) is 1. The fourth-order valence-corrected chi connectivity index (χ4v) is 3.11. The topological polar surface area (TPSA) is 15.3 Å². The average Bonchev–Trinajstić information content (AvgIpc) is 2.27. The summed E-state index contributed by atoms with van der Waals surface area (Å²) in [5, 5.41) is 4.39. The number of rotatable bonds is 6. The second-order valence-electron chi connectivity index (χ2n) is 5.57. The number of nitrogens with zero attached hydrogens (tertiary/aromatic N) is 1. The molecule has 2 atom stereocenters. The summed E-state index contributed by atoms with van der Waals surface area (Å²) in [5.74, 6) is 0.620. The van der Waals surface area contributed by atoms with Crippen molar-refractivity contribution in [2.45, 2.75) is 32.9 Å². The maximum absolute atomic E-state index is 6.28. The Hall–Kier alpha value is -0.0900. The van der Waals surface area contributed by atoms with E-state index in [4.69, 9.17) is 11.6 Å². The quantitative estimate of drug-likeness (QED) is 0.823. The van der Waals surface area contributed by atoms with Crippen LogP contribution in [0.5, 0.6) is 0 Å². The highest BCUT2D eigenvalue weighted by Crippen LogP contribution is 2.26. The largest absolute Gasteiger partial charge is 0.309 e. The number of nitrogens with one attached hydrogen (secondary N) is 1. The lowest BCUT2D eigenvalue weighted by Gasteiger charge is -2.30. The van der Waals surface area contributed by atoms with Crippen LogP contribution in [0.15, 0.2) is 22.7 Å². The lowest BCUT2D eigenvalue weighted by molar-refractivity contribution is 0.220. The van der Waals surface area contributed by atoms with Gasteiger partial charge < -0.3 is 10.2 Å². The van der Waals surface area contributed by atoms with Crippen LogP contribution in [-0.4, -0.2) is 31.6 Å². The third-order valence-corrected chi connectivity index (χ3v) is 4.32. The molecule has 0 saturated carbocycles. The molecule has 4 heteroatoms. The van der Waals surface area contributed by atoms with Gasteiger partial charge in [0.25, 0.3) is 0 Å². The van der Waals surface area contributed by atoms with Gasteiger partial charge in [-0.25, -0.2) is 0 Å². The number of benzene rings is 1. The van der Waals surface area contributed by atoms with Crippen LogP contribution in [0.3, 0.4) is 0 Å². The second kappa shape index (κ2) is 7.63. The lowest BCUT2D eigenvalue weighted by atomic mass is 10.0. The van der Waals surface area contributed by atoms with Crippen LogP contribution in [0.2, 0.25) is 5.02 Å². The summed E-state index contributed by atoms with van der Waals surface area (Å²) in [6, 6.07) is 6.83. The molecule has 2 unspecified atom stereocenters. The summed E-state index contributed by atoms with van der Waals surface area (Å²) in [6.07, 6.45) is 0. The van der Waals surface area contributed by atoms with Gasteiger partial charge in [-0.1, -0.05) is 47.4 Å². The molecule has 0 heterocycles. The van der Waals surface area contributed by atoms with Crippen LogP contribution in [0.4, 0.5) is 0 Å². The van der Waals surface area contributed by atoms with Gasteiger partial charge in [0.05, 0.1) is 0 Å². The molecule has 0 amide bonds. The van der Waals surface area contributed by atoms with Gasteiger partial charge in [-0.3, -0.25) is 0 Å². The summed E-state index contributed by atoms with van der Waals surface area (Å²) in [5.41, 5.74) is 1.14. The maximum Gasteiger partial charge on any atom is 0.0464 e. The summed E-state index contributed by atoms with van der Waals surface area (Å²) in [4.78, 5) is 2.27. The average molecular weight is 348 g/mol. The first-order chi connectivity index (χ1) is 8.82. The highest BCUT2D eigenvalue weighted by atomic mass is 79.9. The third-order valence-electron chi connectivity index (χ3n) is 3.50. The number of hydrogen-bond donors (Lipinski definition) is 1. The molecule has 1 aromatic carbocycles. The minimum atomic E-state index is 0.252. The second-order valence-corrected chi connectivity index (χ2v) is 6.89. The Labute approximate surface area is 130 Å². The van der Waals surface area contributed by atoms with Gasteiger partial charge >= 0.3 is 0 Å². The molecule has 0 spiro atoms. The molecule has 1 aromatic rings. The normalized spacial score (nSPS) is 15.0. The van der Waals surface area contributed by atoms with Gasteiger partial charge in [-0.15, -0.1) is 0 Å². The summed E-state index contributed by atoms with van der Waals surface area (Å²) >= 11 is 9.72. The van der Waals surface area contributed by atoms with Crippen LogP contribution in [-0.2, 0) is 0 Å². The smallest absolute Gasteiger partial charge is 0.0464 e. The molecule has 1 rings (SSSR count). The van der Waals surface area contributed by atoms with Crippen molar-refractivity contribution >= 4 is 27.5 Å². The first kappa shape index (κ1) is 17.0. The van der Waals surface area contributed by atoms with E-state index in [1.54, 1.807) is 0 Å². The molecule has 0 saturated heterocycles. The van der Waals surface area contributed by atoms with Crippen LogP contribution in [0.25, 0.3) is 0 Å².